The number of nitrogens with two attached hydrogens (primary N) is 1. The maximum Gasteiger partial charge on any atom is 0.223 e. The predicted octanol–water partition coefficient (Wildman–Crippen LogP) is 4.14. The Morgan fingerprint density at radius 2 is 1.92 bits per heavy atom. The van der Waals surface area contributed by atoms with Gasteiger partial charge in [0.05, 0.1) is 0 Å². The number of amides is 1. The molecule has 1 fully saturated rings. The number of rotatable bonds is 7. The Morgan fingerprint density at radius 1 is 1.25 bits per heavy atom. The zero-order valence-corrected chi connectivity index (χ0v) is 15.0. The zero-order chi connectivity index (χ0) is 17.5. The summed E-state index contributed by atoms with van der Waals surface area (Å²) in [6.45, 7) is 4.21. The Kier molecular flexibility index (Phi) is 6.83. The maximum atomic E-state index is 12.3. The Labute approximate surface area is 145 Å². The molecule has 2 rings (SSSR count). The van der Waals surface area contributed by atoms with Crippen molar-refractivity contribution in [2.24, 2.45) is 11.8 Å². The van der Waals surface area contributed by atoms with Crippen LogP contribution in [0.3, 0.4) is 0 Å². The average Bonchev–Trinajstić information content (AvgIpc) is 2.60. The molecule has 1 saturated carbocycles. The summed E-state index contributed by atoms with van der Waals surface area (Å²) in [5.74, 6) is 0.612. The van der Waals surface area contributed by atoms with Crippen molar-refractivity contribution in [3.8, 4) is 0 Å². The molecule has 4 N–H and O–H groups in total. The zero-order valence-electron chi connectivity index (χ0n) is 15.0. The molecule has 4 heteroatoms. The van der Waals surface area contributed by atoms with Gasteiger partial charge in [0, 0.05) is 34.8 Å². The monoisotopic (exact) mass is 329 g/mol. The summed E-state index contributed by atoms with van der Waals surface area (Å²) >= 11 is 0. The summed E-state index contributed by atoms with van der Waals surface area (Å²) in [6, 6.07) is 7.89. The molecule has 1 aromatic rings. The normalized spacial score (nSPS) is 21.9. The van der Waals surface area contributed by atoms with Gasteiger partial charge in [-0.05, 0) is 44.6 Å². The first-order valence-electron chi connectivity index (χ1n) is 9.30. The van der Waals surface area contributed by atoms with Gasteiger partial charge in [0.25, 0.3) is 0 Å². The van der Waals surface area contributed by atoms with Crippen LogP contribution >= 0.6 is 0 Å². The number of hydrogen-bond acceptors (Lipinski definition) is 3. The van der Waals surface area contributed by atoms with Crippen LogP contribution in [-0.2, 0) is 4.79 Å². The molecule has 4 nitrogen and oxygen atoms in total. The third-order valence-corrected chi connectivity index (χ3v) is 5.23. The number of benzene rings is 1. The van der Waals surface area contributed by atoms with Crippen LogP contribution in [0.1, 0.15) is 64.4 Å². The Morgan fingerprint density at radius 3 is 2.50 bits per heavy atom. The van der Waals surface area contributed by atoms with E-state index < -0.39 is 0 Å². The van der Waals surface area contributed by atoms with Gasteiger partial charge in [-0.1, -0.05) is 38.5 Å². The van der Waals surface area contributed by atoms with Gasteiger partial charge < -0.3 is 16.5 Å². The van der Waals surface area contributed by atoms with E-state index in [2.05, 4.69) is 19.2 Å². The minimum atomic E-state index is 0.148. The van der Waals surface area contributed by atoms with Gasteiger partial charge >= 0.3 is 0 Å². The first kappa shape index (κ1) is 18.5. The average molecular weight is 329 g/mol. The molecule has 24 heavy (non-hydrogen) atoms. The van der Waals surface area contributed by atoms with Crippen LogP contribution in [0.4, 0.5) is 5.69 Å². The van der Waals surface area contributed by atoms with Crippen LogP contribution in [0.2, 0.25) is 0 Å². The van der Waals surface area contributed by atoms with E-state index in [4.69, 9.17) is 11.1 Å². The van der Waals surface area contributed by atoms with E-state index in [-0.39, 0.29) is 23.8 Å². The van der Waals surface area contributed by atoms with Crippen LogP contribution in [0, 0.1) is 17.2 Å². The summed E-state index contributed by atoms with van der Waals surface area (Å²) in [5, 5.41) is 11.7. The van der Waals surface area contributed by atoms with Gasteiger partial charge in [-0.15, -0.1) is 0 Å². The van der Waals surface area contributed by atoms with Crippen LogP contribution in [-0.4, -0.2) is 17.7 Å². The lowest BCUT2D eigenvalue weighted by Gasteiger charge is -2.30. The molecule has 1 unspecified atom stereocenters. The highest BCUT2D eigenvalue weighted by molar-refractivity contribution is 6.04. The number of para-hydroxylation sites is 1. The molecule has 0 spiro atoms. The van der Waals surface area contributed by atoms with Gasteiger partial charge in [0.1, 0.15) is 0 Å². The van der Waals surface area contributed by atoms with Gasteiger partial charge in [-0.3, -0.25) is 4.79 Å². The fraction of sp³-hybridized carbons (Fsp3) is 0.600. The van der Waals surface area contributed by atoms with Crippen molar-refractivity contribution >= 4 is 17.3 Å². The molecule has 0 bridgehead atoms. The predicted molar refractivity (Wildman–Crippen MR) is 100 cm³/mol. The molecule has 1 aromatic carbocycles. The number of nitrogens with one attached hydrogen (secondary N) is 2. The number of hydrogen-bond donors (Lipinski definition) is 3. The third-order valence-electron chi connectivity index (χ3n) is 5.23. The first-order chi connectivity index (χ1) is 11.6. The SMILES string of the molecule is CCCC(CC)C(=O)NC1CCC(C(=N)c2ccccc2N)CC1. The molecule has 1 amide bonds. The molecule has 0 heterocycles. The van der Waals surface area contributed by atoms with Crippen molar-refractivity contribution in [3.05, 3.63) is 29.8 Å². The summed E-state index contributed by atoms with van der Waals surface area (Å²) in [7, 11) is 0. The Bertz CT molecular complexity index is 562. The minimum Gasteiger partial charge on any atom is -0.398 e. The summed E-state index contributed by atoms with van der Waals surface area (Å²) in [6.07, 6.45) is 6.73. The summed E-state index contributed by atoms with van der Waals surface area (Å²) in [4.78, 5) is 12.3. The first-order valence-corrected chi connectivity index (χ1v) is 9.30. The second kappa shape index (κ2) is 8.86. The molecule has 1 aliphatic carbocycles. The number of nitrogen functional groups attached to an aromatic ring is 1. The van der Waals surface area contributed by atoms with Gasteiger partial charge in [0.2, 0.25) is 5.91 Å². The fourth-order valence-corrected chi connectivity index (χ4v) is 3.68. The van der Waals surface area contributed by atoms with Gasteiger partial charge in [0.15, 0.2) is 0 Å². The van der Waals surface area contributed by atoms with Crippen molar-refractivity contribution in [2.45, 2.75) is 64.8 Å². The van der Waals surface area contributed by atoms with E-state index in [1.54, 1.807) is 0 Å². The van der Waals surface area contributed by atoms with Gasteiger partial charge in [-0.2, -0.15) is 0 Å². The molecule has 0 aromatic heterocycles. The second-order valence-electron chi connectivity index (χ2n) is 6.95. The van der Waals surface area contributed by atoms with Crippen LogP contribution in [0.5, 0.6) is 0 Å². The Balaban J connectivity index is 1.86. The van der Waals surface area contributed by atoms with Gasteiger partial charge in [-0.25, -0.2) is 0 Å². The molecular weight excluding hydrogens is 298 g/mol. The van der Waals surface area contributed by atoms with E-state index >= 15 is 0 Å². The maximum absolute atomic E-state index is 12.3. The fourth-order valence-electron chi connectivity index (χ4n) is 3.68. The highest BCUT2D eigenvalue weighted by atomic mass is 16.1. The second-order valence-corrected chi connectivity index (χ2v) is 6.95. The van der Waals surface area contributed by atoms with Crippen molar-refractivity contribution in [1.82, 2.24) is 5.32 Å². The molecule has 132 valence electrons. The van der Waals surface area contributed by atoms with Crippen LogP contribution < -0.4 is 11.1 Å². The number of carbonyl (C=O) groups excluding carboxylic acids is 1. The Hall–Kier alpha value is -1.84. The molecule has 0 aliphatic heterocycles. The molecule has 0 radical (unpaired) electrons. The smallest absolute Gasteiger partial charge is 0.223 e. The van der Waals surface area contributed by atoms with Crippen LogP contribution in [0.25, 0.3) is 0 Å². The quantitative estimate of drug-likeness (QED) is 0.519. The van der Waals surface area contributed by atoms with E-state index in [1.165, 1.54) is 0 Å². The van der Waals surface area contributed by atoms with E-state index in [0.29, 0.717) is 11.4 Å². The summed E-state index contributed by atoms with van der Waals surface area (Å²) < 4.78 is 0. The molecule has 1 atom stereocenters. The topological polar surface area (TPSA) is 79.0 Å². The lowest BCUT2D eigenvalue weighted by molar-refractivity contribution is -0.126. The molecule has 0 saturated heterocycles. The summed E-state index contributed by atoms with van der Waals surface area (Å²) in [5.41, 5.74) is 8.19. The highest BCUT2D eigenvalue weighted by Gasteiger charge is 2.27. The third kappa shape index (κ3) is 4.59. The van der Waals surface area contributed by atoms with E-state index in [0.717, 1.165) is 50.5 Å². The molecule has 1 aliphatic rings. The van der Waals surface area contributed by atoms with Crippen LogP contribution in [0.15, 0.2) is 24.3 Å². The van der Waals surface area contributed by atoms with Crippen molar-refractivity contribution < 1.29 is 4.79 Å². The van der Waals surface area contributed by atoms with Crippen molar-refractivity contribution in [2.75, 3.05) is 5.73 Å². The number of carbonyl (C=O) groups is 1. The highest BCUT2D eigenvalue weighted by Crippen LogP contribution is 2.29. The van der Waals surface area contributed by atoms with Crippen molar-refractivity contribution in [1.29, 1.82) is 5.41 Å². The standard InChI is InChI=1S/C20H31N3O/c1-3-7-14(4-2)20(24)23-16-12-10-15(11-13-16)19(22)17-8-5-6-9-18(17)21/h5-6,8-9,14-16,22H,3-4,7,10-13,21H2,1-2H3,(H,23,24). The lowest BCUT2D eigenvalue weighted by Crippen LogP contribution is -2.41. The van der Waals surface area contributed by atoms with E-state index in [1.807, 2.05) is 24.3 Å². The van der Waals surface area contributed by atoms with E-state index in [9.17, 15) is 4.79 Å². The number of anilines is 1. The lowest BCUT2D eigenvalue weighted by atomic mass is 9.80. The largest absolute Gasteiger partial charge is 0.398 e. The molecular formula is C20H31N3O. The minimum absolute atomic E-state index is 0.148. The van der Waals surface area contributed by atoms with Crippen molar-refractivity contribution in [3.63, 3.8) is 0 Å².